The van der Waals surface area contributed by atoms with Crippen LogP contribution in [-0.2, 0) is 17.6 Å². The van der Waals surface area contributed by atoms with Crippen LogP contribution in [0.5, 0.6) is 0 Å². The minimum absolute atomic E-state index is 0. The van der Waals surface area contributed by atoms with E-state index in [2.05, 4.69) is 16.8 Å². The molecule has 0 aliphatic heterocycles. The van der Waals surface area contributed by atoms with E-state index >= 15 is 0 Å². The Kier molecular flexibility index (Phi) is 7.12. The van der Waals surface area contributed by atoms with Gasteiger partial charge >= 0.3 is 0 Å². The fraction of sp³-hybridized carbons (Fsp3) is 0.267. The summed E-state index contributed by atoms with van der Waals surface area (Å²) in [6, 6.07) is 11.8. The molecule has 5 heteroatoms. The van der Waals surface area contributed by atoms with Gasteiger partial charge in [-0.2, -0.15) is 0 Å². The monoisotopic (exact) mass is 310 g/mol. The first kappa shape index (κ1) is 16.5. The van der Waals surface area contributed by atoms with Crippen LogP contribution in [0.2, 0.25) is 0 Å². The maximum absolute atomic E-state index is 11.7. The fourth-order valence-corrected chi connectivity index (χ4v) is 2.59. The van der Waals surface area contributed by atoms with Crippen LogP contribution in [0.1, 0.15) is 16.9 Å². The topological polar surface area (TPSA) is 55.1 Å². The van der Waals surface area contributed by atoms with Gasteiger partial charge in [0, 0.05) is 23.5 Å². The average Bonchev–Trinajstić information content (AvgIpc) is 2.91. The molecule has 0 spiro atoms. The number of para-hydroxylation sites is 1. The lowest BCUT2D eigenvalue weighted by molar-refractivity contribution is -0.121. The molecular weight excluding hydrogens is 292 g/mol. The lowest BCUT2D eigenvalue weighted by Gasteiger charge is -2.06. The predicted octanol–water partition coefficient (Wildman–Crippen LogP) is 3.04. The minimum atomic E-state index is 0. The maximum Gasteiger partial charge on any atom is 0.220 e. The number of benzene rings is 1. The number of thiophene rings is 1. The van der Waals surface area contributed by atoms with E-state index in [1.54, 1.807) is 11.3 Å². The zero-order chi connectivity index (χ0) is 13.5. The SMILES string of the molecule is Cl.Nc1ccccc1CCC(=O)NCCc1cccs1. The molecular formula is C15H19ClN2OS. The van der Waals surface area contributed by atoms with Crippen LogP contribution in [-0.4, -0.2) is 12.5 Å². The summed E-state index contributed by atoms with van der Waals surface area (Å²) in [7, 11) is 0. The first-order chi connectivity index (χ1) is 9.25. The molecule has 3 nitrogen and oxygen atoms in total. The Morgan fingerprint density at radius 1 is 1.15 bits per heavy atom. The molecule has 20 heavy (non-hydrogen) atoms. The van der Waals surface area contributed by atoms with Crippen molar-refractivity contribution in [1.82, 2.24) is 5.32 Å². The number of rotatable bonds is 6. The van der Waals surface area contributed by atoms with Gasteiger partial charge < -0.3 is 11.1 Å². The van der Waals surface area contributed by atoms with E-state index in [0.717, 1.165) is 17.7 Å². The summed E-state index contributed by atoms with van der Waals surface area (Å²) in [5.74, 6) is 0.0832. The highest BCUT2D eigenvalue weighted by molar-refractivity contribution is 7.09. The highest BCUT2D eigenvalue weighted by Gasteiger charge is 2.04. The van der Waals surface area contributed by atoms with E-state index in [1.807, 2.05) is 30.3 Å². The van der Waals surface area contributed by atoms with Crippen molar-refractivity contribution in [1.29, 1.82) is 0 Å². The Hall–Kier alpha value is -1.52. The number of aryl methyl sites for hydroxylation is 1. The Morgan fingerprint density at radius 2 is 1.95 bits per heavy atom. The summed E-state index contributed by atoms with van der Waals surface area (Å²) in [5.41, 5.74) is 7.64. The largest absolute Gasteiger partial charge is 0.399 e. The van der Waals surface area contributed by atoms with Crippen LogP contribution in [0.25, 0.3) is 0 Å². The molecule has 0 saturated heterocycles. The van der Waals surface area contributed by atoms with Crippen LogP contribution in [0.4, 0.5) is 5.69 Å². The summed E-state index contributed by atoms with van der Waals surface area (Å²) in [5, 5.41) is 4.99. The molecule has 0 bridgehead atoms. The third kappa shape index (κ3) is 5.23. The molecule has 1 amide bonds. The van der Waals surface area contributed by atoms with Crippen molar-refractivity contribution in [3.63, 3.8) is 0 Å². The Morgan fingerprint density at radius 3 is 2.65 bits per heavy atom. The summed E-state index contributed by atoms with van der Waals surface area (Å²) in [4.78, 5) is 13.0. The molecule has 2 rings (SSSR count). The van der Waals surface area contributed by atoms with Crippen molar-refractivity contribution in [3.8, 4) is 0 Å². The Bertz CT molecular complexity index is 528. The molecule has 0 fully saturated rings. The maximum atomic E-state index is 11.7. The first-order valence-corrected chi connectivity index (χ1v) is 7.26. The van der Waals surface area contributed by atoms with Crippen molar-refractivity contribution in [2.24, 2.45) is 0 Å². The van der Waals surface area contributed by atoms with E-state index in [0.29, 0.717) is 19.4 Å². The lowest BCUT2D eigenvalue weighted by atomic mass is 10.1. The molecule has 108 valence electrons. The predicted molar refractivity (Wildman–Crippen MR) is 87.5 cm³/mol. The highest BCUT2D eigenvalue weighted by Crippen LogP contribution is 2.12. The Labute approximate surface area is 129 Å². The minimum Gasteiger partial charge on any atom is -0.399 e. The second-order valence-corrected chi connectivity index (χ2v) is 5.41. The van der Waals surface area contributed by atoms with Crippen LogP contribution < -0.4 is 11.1 Å². The van der Waals surface area contributed by atoms with Gasteiger partial charge in [-0.1, -0.05) is 24.3 Å². The van der Waals surface area contributed by atoms with Crippen molar-refractivity contribution in [2.45, 2.75) is 19.3 Å². The van der Waals surface area contributed by atoms with E-state index in [1.165, 1.54) is 4.88 Å². The number of halogens is 1. The normalized spacial score (nSPS) is 9.80. The molecule has 0 unspecified atom stereocenters. The third-order valence-electron chi connectivity index (χ3n) is 2.95. The molecule has 2 aromatic rings. The summed E-state index contributed by atoms with van der Waals surface area (Å²) in [6.07, 6.45) is 2.08. The summed E-state index contributed by atoms with van der Waals surface area (Å²) < 4.78 is 0. The van der Waals surface area contributed by atoms with Crippen LogP contribution in [0.3, 0.4) is 0 Å². The number of anilines is 1. The molecule has 1 aromatic heterocycles. The average molecular weight is 311 g/mol. The van der Waals surface area contributed by atoms with Gasteiger partial charge in [-0.15, -0.1) is 23.7 Å². The standard InChI is InChI=1S/C15H18N2OS.ClH/c16-14-6-2-1-4-12(14)7-8-15(18)17-10-9-13-5-3-11-19-13;/h1-6,11H,7-10,16H2,(H,17,18);1H. The zero-order valence-corrected chi connectivity index (χ0v) is 12.8. The van der Waals surface area contributed by atoms with E-state index < -0.39 is 0 Å². The Balaban J connectivity index is 0.00000200. The number of amides is 1. The summed E-state index contributed by atoms with van der Waals surface area (Å²) in [6.45, 7) is 0.698. The van der Waals surface area contributed by atoms with E-state index in [4.69, 9.17) is 5.73 Å². The number of carbonyl (C=O) groups excluding carboxylic acids is 1. The molecule has 0 aliphatic carbocycles. The molecule has 0 aliphatic rings. The number of nitrogens with one attached hydrogen (secondary N) is 1. The quantitative estimate of drug-likeness (QED) is 0.806. The molecule has 0 radical (unpaired) electrons. The van der Waals surface area contributed by atoms with Gasteiger partial charge in [0.15, 0.2) is 0 Å². The number of nitrogen functional groups attached to an aromatic ring is 1. The second-order valence-electron chi connectivity index (χ2n) is 4.38. The van der Waals surface area contributed by atoms with Crippen molar-refractivity contribution < 1.29 is 4.79 Å². The van der Waals surface area contributed by atoms with Gasteiger partial charge in [0.2, 0.25) is 5.91 Å². The van der Waals surface area contributed by atoms with Gasteiger partial charge in [-0.05, 0) is 35.9 Å². The third-order valence-corrected chi connectivity index (χ3v) is 3.89. The van der Waals surface area contributed by atoms with Crippen LogP contribution in [0.15, 0.2) is 41.8 Å². The number of nitrogens with two attached hydrogens (primary N) is 1. The highest BCUT2D eigenvalue weighted by atomic mass is 35.5. The summed E-state index contributed by atoms with van der Waals surface area (Å²) >= 11 is 1.72. The first-order valence-electron chi connectivity index (χ1n) is 6.38. The van der Waals surface area contributed by atoms with Crippen molar-refractivity contribution >= 4 is 35.3 Å². The zero-order valence-electron chi connectivity index (χ0n) is 11.2. The van der Waals surface area contributed by atoms with E-state index in [-0.39, 0.29) is 18.3 Å². The van der Waals surface area contributed by atoms with Crippen molar-refractivity contribution in [3.05, 3.63) is 52.2 Å². The molecule has 0 atom stereocenters. The van der Waals surface area contributed by atoms with E-state index in [9.17, 15) is 4.79 Å². The number of carbonyl (C=O) groups is 1. The lowest BCUT2D eigenvalue weighted by Crippen LogP contribution is -2.25. The van der Waals surface area contributed by atoms with Gasteiger partial charge in [-0.3, -0.25) is 4.79 Å². The molecule has 3 N–H and O–H groups in total. The molecule has 0 saturated carbocycles. The van der Waals surface area contributed by atoms with Gasteiger partial charge in [-0.25, -0.2) is 0 Å². The van der Waals surface area contributed by atoms with Gasteiger partial charge in [0.05, 0.1) is 0 Å². The van der Waals surface area contributed by atoms with Crippen LogP contribution >= 0.6 is 23.7 Å². The molecule has 1 aromatic carbocycles. The fourth-order valence-electron chi connectivity index (χ4n) is 1.88. The van der Waals surface area contributed by atoms with Crippen LogP contribution in [0, 0.1) is 0 Å². The molecule has 1 heterocycles. The van der Waals surface area contributed by atoms with Crippen molar-refractivity contribution in [2.75, 3.05) is 12.3 Å². The van der Waals surface area contributed by atoms with Gasteiger partial charge in [0.1, 0.15) is 0 Å². The van der Waals surface area contributed by atoms with Gasteiger partial charge in [0.25, 0.3) is 0 Å². The smallest absolute Gasteiger partial charge is 0.220 e. The number of hydrogen-bond donors (Lipinski definition) is 2. The second kappa shape index (κ2) is 8.61. The number of hydrogen-bond acceptors (Lipinski definition) is 3.